The van der Waals surface area contributed by atoms with Crippen molar-refractivity contribution in [3.05, 3.63) is 70.7 Å². The van der Waals surface area contributed by atoms with E-state index in [1.807, 2.05) is 26.0 Å². The molecular formula is C18H16FNO. The van der Waals surface area contributed by atoms with Crippen LogP contribution < -0.4 is 0 Å². The van der Waals surface area contributed by atoms with Crippen LogP contribution in [0.15, 0.2) is 42.6 Å². The number of phenols is 1. The zero-order valence-electron chi connectivity index (χ0n) is 12.0. The molecule has 0 aliphatic carbocycles. The number of fused-ring (bicyclic) bond motifs is 1. The molecule has 0 atom stereocenters. The number of rotatable bonds is 2. The first-order chi connectivity index (χ1) is 10.0. The Morgan fingerprint density at radius 3 is 2.43 bits per heavy atom. The molecule has 2 aromatic carbocycles. The lowest BCUT2D eigenvalue weighted by Crippen LogP contribution is -1.93. The second-order valence-electron chi connectivity index (χ2n) is 5.40. The number of pyridine rings is 1. The zero-order valence-corrected chi connectivity index (χ0v) is 12.0. The topological polar surface area (TPSA) is 33.1 Å². The molecule has 3 heteroatoms. The Morgan fingerprint density at radius 2 is 1.71 bits per heavy atom. The molecule has 0 aliphatic heterocycles. The van der Waals surface area contributed by atoms with Crippen molar-refractivity contribution in [2.24, 2.45) is 0 Å². The van der Waals surface area contributed by atoms with Gasteiger partial charge in [0.2, 0.25) is 0 Å². The average molecular weight is 281 g/mol. The molecule has 3 aromatic rings. The fraction of sp³-hybridized carbons (Fsp3) is 0.167. The molecule has 1 aromatic heterocycles. The molecule has 0 bridgehead atoms. The summed E-state index contributed by atoms with van der Waals surface area (Å²) in [5.74, 6) is 0.00978. The van der Waals surface area contributed by atoms with Crippen molar-refractivity contribution in [3.8, 4) is 5.75 Å². The van der Waals surface area contributed by atoms with Gasteiger partial charge in [-0.15, -0.1) is 0 Å². The van der Waals surface area contributed by atoms with Gasteiger partial charge in [0, 0.05) is 11.6 Å². The smallest absolute Gasteiger partial charge is 0.144 e. The summed E-state index contributed by atoms with van der Waals surface area (Å²) in [5.41, 5.74) is 4.63. The Morgan fingerprint density at radius 1 is 1.00 bits per heavy atom. The van der Waals surface area contributed by atoms with Crippen molar-refractivity contribution in [1.82, 2.24) is 4.98 Å². The second-order valence-corrected chi connectivity index (χ2v) is 5.40. The van der Waals surface area contributed by atoms with Crippen molar-refractivity contribution < 1.29 is 9.50 Å². The van der Waals surface area contributed by atoms with Gasteiger partial charge in [-0.1, -0.05) is 18.2 Å². The van der Waals surface area contributed by atoms with E-state index in [1.165, 1.54) is 12.1 Å². The number of halogens is 1. The maximum Gasteiger partial charge on any atom is 0.144 e. The van der Waals surface area contributed by atoms with Gasteiger partial charge in [-0.25, -0.2) is 4.39 Å². The van der Waals surface area contributed by atoms with Gasteiger partial charge in [-0.05, 0) is 60.7 Å². The highest BCUT2D eigenvalue weighted by molar-refractivity contribution is 5.88. The van der Waals surface area contributed by atoms with Crippen molar-refractivity contribution >= 4 is 10.9 Å². The lowest BCUT2D eigenvalue weighted by Gasteiger charge is -2.09. The van der Waals surface area contributed by atoms with Crippen LogP contribution in [0, 0.1) is 19.7 Å². The van der Waals surface area contributed by atoms with Gasteiger partial charge in [0.15, 0.2) is 0 Å². The summed E-state index contributed by atoms with van der Waals surface area (Å²) in [6, 6.07) is 10.5. The Labute approximate surface area is 122 Å². The average Bonchev–Trinajstić information content (AvgIpc) is 2.47. The van der Waals surface area contributed by atoms with E-state index in [9.17, 15) is 9.50 Å². The summed E-state index contributed by atoms with van der Waals surface area (Å²) < 4.78 is 12.9. The van der Waals surface area contributed by atoms with Crippen LogP contribution >= 0.6 is 0 Å². The third-order valence-corrected chi connectivity index (χ3v) is 3.72. The molecule has 0 spiro atoms. The first kappa shape index (κ1) is 13.6. The molecule has 1 N–H and O–H groups in total. The van der Waals surface area contributed by atoms with E-state index in [4.69, 9.17) is 0 Å². The van der Waals surface area contributed by atoms with Gasteiger partial charge >= 0.3 is 0 Å². The third kappa shape index (κ3) is 2.59. The lowest BCUT2D eigenvalue weighted by atomic mass is 10.0. The molecule has 0 amide bonds. The molecule has 0 saturated carbocycles. The van der Waals surface area contributed by atoms with Gasteiger partial charge in [0.1, 0.15) is 17.1 Å². The summed E-state index contributed by atoms with van der Waals surface area (Å²) >= 11 is 0. The van der Waals surface area contributed by atoms with E-state index in [1.54, 1.807) is 18.3 Å². The Balaban J connectivity index is 2.03. The van der Waals surface area contributed by atoms with E-state index in [0.717, 1.165) is 27.6 Å². The number of benzene rings is 2. The number of phenolic OH excluding ortho intramolecular Hbond substituents is 1. The van der Waals surface area contributed by atoms with E-state index in [-0.39, 0.29) is 11.6 Å². The number of hydrogen-bond acceptors (Lipinski definition) is 2. The highest BCUT2D eigenvalue weighted by Crippen LogP contribution is 2.30. The molecule has 2 nitrogen and oxygen atoms in total. The van der Waals surface area contributed by atoms with Crippen LogP contribution in [0.1, 0.15) is 22.3 Å². The van der Waals surface area contributed by atoms with E-state index in [2.05, 4.69) is 4.98 Å². The molecule has 0 fully saturated rings. The van der Waals surface area contributed by atoms with Gasteiger partial charge in [0.25, 0.3) is 0 Å². The number of aromatic nitrogens is 1. The molecule has 0 aliphatic rings. The summed E-state index contributed by atoms with van der Waals surface area (Å²) in [4.78, 5) is 4.39. The monoisotopic (exact) mass is 281 g/mol. The van der Waals surface area contributed by atoms with Crippen LogP contribution in [0.4, 0.5) is 4.39 Å². The molecule has 0 saturated heterocycles. The standard InChI is InChI=1S/C18H16FNO/c1-11-7-12(2)18(21)17-16(11)9-14(10-20-17)8-13-3-5-15(19)6-4-13/h3-7,9-10,21H,8H2,1-2H3. The largest absolute Gasteiger partial charge is 0.505 e. The van der Waals surface area contributed by atoms with Crippen molar-refractivity contribution in [2.45, 2.75) is 20.3 Å². The first-order valence-corrected chi connectivity index (χ1v) is 6.87. The van der Waals surface area contributed by atoms with Gasteiger partial charge in [0.05, 0.1) is 0 Å². The van der Waals surface area contributed by atoms with Crippen LogP contribution in [0.5, 0.6) is 5.75 Å². The minimum Gasteiger partial charge on any atom is -0.505 e. The molecule has 0 radical (unpaired) electrons. The van der Waals surface area contributed by atoms with Crippen molar-refractivity contribution in [3.63, 3.8) is 0 Å². The van der Waals surface area contributed by atoms with Crippen molar-refractivity contribution in [2.75, 3.05) is 0 Å². The van der Waals surface area contributed by atoms with E-state index in [0.29, 0.717) is 11.9 Å². The first-order valence-electron chi connectivity index (χ1n) is 6.87. The Bertz CT molecular complexity index is 810. The molecule has 3 rings (SSSR count). The normalized spacial score (nSPS) is 11.0. The molecule has 0 unspecified atom stereocenters. The Hall–Kier alpha value is -2.42. The maximum atomic E-state index is 12.9. The van der Waals surface area contributed by atoms with Crippen LogP contribution in [0.25, 0.3) is 10.9 Å². The number of aryl methyl sites for hydroxylation is 2. The van der Waals surface area contributed by atoms with Gasteiger partial charge < -0.3 is 5.11 Å². The van der Waals surface area contributed by atoms with Crippen molar-refractivity contribution in [1.29, 1.82) is 0 Å². The van der Waals surface area contributed by atoms with Gasteiger partial charge in [-0.2, -0.15) is 0 Å². The van der Waals surface area contributed by atoms with Crippen LogP contribution in [-0.2, 0) is 6.42 Å². The third-order valence-electron chi connectivity index (χ3n) is 3.72. The van der Waals surface area contributed by atoms with Crippen LogP contribution in [0.3, 0.4) is 0 Å². The molecular weight excluding hydrogens is 265 g/mol. The summed E-state index contributed by atoms with van der Waals surface area (Å²) in [6.07, 6.45) is 2.46. The Kier molecular flexibility index (Phi) is 3.34. The summed E-state index contributed by atoms with van der Waals surface area (Å²) in [7, 11) is 0. The zero-order chi connectivity index (χ0) is 15.0. The lowest BCUT2D eigenvalue weighted by molar-refractivity contribution is 0.476. The van der Waals surface area contributed by atoms with Gasteiger partial charge in [-0.3, -0.25) is 4.98 Å². The summed E-state index contributed by atoms with van der Waals surface area (Å²) in [5, 5.41) is 11.0. The number of nitrogens with zero attached hydrogens (tertiary/aromatic N) is 1. The van der Waals surface area contributed by atoms with Crippen LogP contribution in [-0.4, -0.2) is 10.1 Å². The van der Waals surface area contributed by atoms with Crippen LogP contribution in [0.2, 0.25) is 0 Å². The van der Waals surface area contributed by atoms with E-state index >= 15 is 0 Å². The number of aromatic hydroxyl groups is 1. The minimum absolute atomic E-state index is 0.230. The highest BCUT2D eigenvalue weighted by atomic mass is 19.1. The molecule has 106 valence electrons. The predicted molar refractivity (Wildman–Crippen MR) is 82.1 cm³/mol. The number of hydrogen-bond donors (Lipinski definition) is 1. The quantitative estimate of drug-likeness (QED) is 0.760. The van der Waals surface area contributed by atoms with E-state index < -0.39 is 0 Å². The second kappa shape index (κ2) is 5.17. The fourth-order valence-electron chi connectivity index (χ4n) is 2.59. The molecule has 21 heavy (non-hydrogen) atoms. The highest BCUT2D eigenvalue weighted by Gasteiger charge is 2.09. The molecule has 1 heterocycles. The fourth-order valence-corrected chi connectivity index (χ4v) is 2.59. The predicted octanol–water partition coefficient (Wildman–Crippen LogP) is 4.29. The SMILES string of the molecule is Cc1cc(C)c2cc(Cc3ccc(F)cc3)cnc2c1O. The minimum atomic E-state index is -0.230. The maximum absolute atomic E-state index is 12.9. The summed E-state index contributed by atoms with van der Waals surface area (Å²) in [6.45, 7) is 3.88.